The van der Waals surface area contributed by atoms with Crippen molar-refractivity contribution >= 4 is 10.0 Å². The van der Waals surface area contributed by atoms with Crippen LogP contribution in [0.5, 0.6) is 11.5 Å². The number of nitrogens with zero attached hydrogens (tertiary/aromatic N) is 1. The summed E-state index contributed by atoms with van der Waals surface area (Å²) >= 11 is 0. The van der Waals surface area contributed by atoms with Crippen molar-refractivity contribution in [2.45, 2.75) is 37.2 Å². The molecular weight excluding hydrogens is 416 g/mol. The monoisotopic (exact) mass is 448 g/mol. The Kier molecular flexibility index (Phi) is 8.31. The van der Waals surface area contributed by atoms with Gasteiger partial charge in [-0.2, -0.15) is 4.31 Å². The molecule has 0 bridgehead atoms. The average Bonchev–Trinajstić information content (AvgIpc) is 2.79. The molecule has 8 heteroatoms. The second kappa shape index (κ2) is 10.9. The number of hydrogen-bond donors (Lipinski definition) is 3. The minimum absolute atomic E-state index is 0.158. The van der Waals surface area contributed by atoms with Gasteiger partial charge in [0.05, 0.1) is 4.90 Å². The van der Waals surface area contributed by atoms with Crippen molar-refractivity contribution in [3.63, 3.8) is 0 Å². The zero-order chi connectivity index (χ0) is 22.3. The van der Waals surface area contributed by atoms with E-state index in [0.717, 1.165) is 31.4 Å². The maximum atomic E-state index is 12.9. The predicted molar refractivity (Wildman–Crippen MR) is 120 cm³/mol. The van der Waals surface area contributed by atoms with Crippen molar-refractivity contribution < 1.29 is 23.4 Å². The summed E-state index contributed by atoms with van der Waals surface area (Å²) in [5.74, 6) is 1.14. The van der Waals surface area contributed by atoms with Gasteiger partial charge in [-0.25, -0.2) is 8.42 Å². The number of rotatable bonds is 10. The predicted octanol–water partition coefficient (Wildman–Crippen LogP) is 2.38. The molecule has 2 aromatic carbocycles. The normalized spacial score (nSPS) is 16.8. The van der Waals surface area contributed by atoms with Crippen LogP contribution in [0.4, 0.5) is 0 Å². The van der Waals surface area contributed by atoms with Gasteiger partial charge in [0.1, 0.15) is 24.2 Å². The van der Waals surface area contributed by atoms with E-state index >= 15 is 0 Å². The lowest BCUT2D eigenvalue weighted by molar-refractivity contribution is 0.104. The molecule has 0 amide bonds. The average molecular weight is 449 g/mol. The Labute approximate surface area is 184 Å². The van der Waals surface area contributed by atoms with Gasteiger partial charge in [-0.15, -0.1) is 0 Å². The third-order valence-corrected chi connectivity index (χ3v) is 7.55. The molecule has 1 aliphatic heterocycles. The lowest BCUT2D eigenvalue weighted by atomic mass is 9.98. The number of benzene rings is 2. The highest BCUT2D eigenvalue weighted by molar-refractivity contribution is 7.89. The smallest absolute Gasteiger partial charge is 0.243 e. The summed E-state index contributed by atoms with van der Waals surface area (Å²) < 4.78 is 32.8. The van der Waals surface area contributed by atoms with Gasteiger partial charge in [-0.05, 0) is 73.7 Å². The number of piperidine rings is 1. The van der Waals surface area contributed by atoms with E-state index in [1.807, 2.05) is 19.1 Å². The highest BCUT2D eigenvalue weighted by Crippen LogP contribution is 2.24. The first kappa shape index (κ1) is 23.5. The fourth-order valence-corrected chi connectivity index (χ4v) is 5.12. The maximum absolute atomic E-state index is 12.9. The molecule has 3 rings (SSSR count). The minimum Gasteiger partial charge on any atom is -0.508 e. The molecule has 7 nitrogen and oxygen atoms in total. The lowest BCUT2D eigenvalue weighted by Crippen LogP contribution is -2.42. The molecule has 0 unspecified atom stereocenters. The summed E-state index contributed by atoms with van der Waals surface area (Å²) in [7, 11) is -3.44. The first-order valence-electron chi connectivity index (χ1n) is 10.8. The van der Waals surface area contributed by atoms with Crippen LogP contribution < -0.4 is 10.1 Å². The molecule has 1 saturated heterocycles. The molecule has 0 spiro atoms. The fraction of sp³-hybridized carbons (Fsp3) is 0.478. The summed E-state index contributed by atoms with van der Waals surface area (Å²) in [5.41, 5.74) is 1.12. The number of aryl methyl sites for hydroxylation is 1. The van der Waals surface area contributed by atoms with Crippen molar-refractivity contribution in [1.29, 1.82) is 0 Å². The van der Waals surface area contributed by atoms with Gasteiger partial charge in [0, 0.05) is 19.6 Å². The molecule has 0 saturated carbocycles. The molecular formula is C23H32N2O5S. The molecule has 1 atom stereocenters. The number of nitrogens with one attached hydrogen (secondary N) is 1. The van der Waals surface area contributed by atoms with E-state index in [0.29, 0.717) is 36.2 Å². The Hall–Kier alpha value is -2.13. The summed E-state index contributed by atoms with van der Waals surface area (Å²) in [4.78, 5) is 0.359. The van der Waals surface area contributed by atoms with E-state index in [1.165, 1.54) is 12.1 Å². The van der Waals surface area contributed by atoms with Crippen LogP contribution >= 0.6 is 0 Å². The van der Waals surface area contributed by atoms with E-state index in [2.05, 4.69) is 5.32 Å². The second-order valence-corrected chi connectivity index (χ2v) is 9.90. The van der Waals surface area contributed by atoms with Crippen molar-refractivity contribution in [1.82, 2.24) is 9.62 Å². The van der Waals surface area contributed by atoms with E-state index in [-0.39, 0.29) is 12.4 Å². The number of aromatic hydroxyl groups is 1. The molecule has 1 heterocycles. The van der Waals surface area contributed by atoms with Gasteiger partial charge in [-0.3, -0.25) is 0 Å². The molecule has 1 fully saturated rings. The van der Waals surface area contributed by atoms with Crippen molar-refractivity contribution in [3.05, 3.63) is 54.1 Å². The van der Waals surface area contributed by atoms with E-state index in [4.69, 9.17) is 4.74 Å². The Morgan fingerprint density at radius 2 is 1.74 bits per heavy atom. The highest BCUT2D eigenvalue weighted by Gasteiger charge is 2.29. The Morgan fingerprint density at radius 3 is 2.35 bits per heavy atom. The number of aliphatic hydroxyl groups excluding tert-OH is 1. The van der Waals surface area contributed by atoms with Crippen LogP contribution in [0.25, 0.3) is 0 Å². The van der Waals surface area contributed by atoms with Gasteiger partial charge in [0.15, 0.2) is 0 Å². The number of sulfonamides is 1. The number of aliphatic hydroxyl groups is 1. The van der Waals surface area contributed by atoms with Gasteiger partial charge in [0.25, 0.3) is 0 Å². The quantitative estimate of drug-likeness (QED) is 0.516. The number of phenolic OH excluding ortho intramolecular Hbond substituents is 1. The summed E-state index contributed by atoms with van der Waals surface area (Å²) in [6.07, 6.45) is 1.81. The maximum Gasteiger partial charge on any atom is 0.243 e. The fourth-order valence-electron chi connectivity index (χ4n) is 3.65. The largest absolute Gasteiger partial charge is 0.508 e. The van der Waals surface area contributed by atoms with Crippen molar-refractivity contribution in [3.8, 4) is 11.5 Å². The lowest BCUT2D eigenvalue weighted by Gasteiger charge is -2.31. The Balaban J connectivity index is 1.37. The molecule has 1 aliphatic rings. The number of hydrogen-bond acceptors (Lipinski definition) is 6. The van der Waals surface area contributed by atoms with Crippen LogP contribution in [0, 0.1) is 5.92 Å². The first-order valence-corrected chi connectivity index (χ1v) is 12.2. The standard InChI is InChI=1S/C23H32N2O5S/c1-2-18-3-9-23(10-4-18)31(28,29)25-13-11-19(12-14-25)15-24-16-21(27)17-30-22-7-5-20(26)6-8-22/h3-10,19,21,24,26-27H,2,11-17H2,1H3/t21-/m1/s1. The van der Waals surface area contributed by atoms with Crippen LogP contribution in [0.3, 0.4) is 0 Å². The van der Waals surface area contributed by atoms with E-state index in [9.17, 15) is 18.6 Å². The third kappa shape index (κ3) is 6.67. The molecule has 3 N–H and O–H groups in total. The molecule has 31 heavy (non-hydrogen) atoms. The molecule has 0 aliphatic carbocycles. The van der Waals surface area contributed by atoms with E-state index in [1.54, 1.807) is 28.6 Å². The number of ether oxygens (including phenoxy) is 1. The summed E-state index contributed by atoms with van der Waals surface area (Å²) in [5, 5.41) is 22.6. The van der Waals surface area contributed by atoms with Crippen LogP contribution in [-0.4, -0.2) is 61.8 Å². The van der Waals surface area contributed by atoms with Gasteiger partial charge < -0.3 is 20.3 Å². The Morgan fingerprint density at radius 1 is 1.10 bits per heavy atom. The minimum atomic E-state index is -3.44. The van der Waals surface area contributed by atoms with E-state index < -0.39 is 16.1 Å². The zero-order valence-electron chi connectivity index (χ0n) is 17.9. The van der Waals surface area contributed by atoms with Crippen LogP contribution in [0.15, 0.2) is 53.4 Å². The Bertz CT molecular complexity index is 908. The molecule has 0 aromatic heterocycles. The van der Waals surface area contributed by atoms with Crippen molar-refractivity contribution in [2.24, 2.45) is 5.92 Å². The highest BCUT2D eigenvalue weighted by atomic mass is 32.2. The van der Waals surface area contributed by atoms with Gasteiger partial charge in [-0.1, -0.05) is 19.1 Å². The molecule has 170 valence electrons. The van der Waals surface area contributed by atoms with Crippen LogP contribution in [-0.2, 0) is 16.4 Å². The molecule has 2 aromatic rings. The van der Waals surface area contributed by atoms with Gasteiger partial charge in [0.2, 0.25) is 10.0 Å². The summed E-state index contributed by atoms with van der Waals surface area (Å²) in [6, 6.07) is 13.5. The topological polar surface area (TPSA) is 99.1 Å². The summed E-state index contributed by atoms with van der Waals surface area (Å²) in [6.45, 7) is 4.36. The molecule has 0 radical (unpaired) electrons. The van der Waals surface area contributed by atoms with Gasteiger partial charge >= 0.3 is 0 Å². The van der Waals surface area contributed by atoms with Crippen LogP contribution in [0.1, 0.15) is 25.3 Å². The van der Waals surface area contributed by atoms with Crippen LogP contribution in [0.2, 0.25) is 0 Å². The number of phenols is 1. The first-order chi connectivity index (χ1) is 14.9. The SMILES string of the molecule is CCc1ccc(S(=O)(=O)N2CCC(CNC[C@@H](O)COc3ccc(O)cc3)CC2)cc1. The zero-order valence-corrected chi connectivity index (χ0v) is 18.7. The second-order valence-electron chi connectivity index (χ2n) is 7.96. The third-order valence-electron chi connectivity index (χ3n) is 5.63. The van der Waals surface area contributed by atoms with Crippen molar-refractivity contribution in [2.75, 3.05) is 32.8 Å².